The SMILES string of the molecule is CC(=O)/C=C/C=C(\C)CC/C=C(\C)COC(C)=O. The van der Waals surface area contributed by atoms with Gasteiger partial charge in [0.2, 0.25) is 0 Å². The average Bonchev–Trinajstić information content (AvgIpc) is 2.25. The van der Waals surface area contributed by atoms with Crippen molar-refractivity contribution in [1.82, 2.24) is 0 Å². The summed E-state index contributed by atoms with van der Waals surface area (Å²) in [6, 6.07) is 0. The van der Waals surface area contributed by atoms with Crippen LogP contribution >= 0.6 is 0 Å². The third-order valence-corrected chi connectivity index (χ3v) is 2.25. The standard InChI is InChI=1S/C15H22O3/c1-12(8-6-10-14(3)16)7-5-9-13(2)11-18-15(4)17/h6,8-10H,5,7,11H2,1-4H3/b10-6+,12-8+,13-9+. The molecule has 0 N–H and O–H groups in total. The van der Waals surface area contributed by atoms with Gasteiger partial charge in [-0.2, -0.15) is 0 Å². The molecular weight excluding hydrogens is 228 g/mol. The summed E-state index contributed by atoms with van der Waals surface area (Å²) >= 11 is 0. The minimum absolute atomic E-state index is 0.0520. The first-order valence-corrected chi connectivity index (χ1v) is 6.05. The Kier molecular flexibility index (Phi) is 8.54. The van der Waals surface area contributed by atoms with E-state index in [1.807, 2.05) is 19.9 Å². The van der Waals surface area contributed by atoms with Gasteiger partial charge in [-0.15, -0.1) is 0 Å². The predicted molar refractivity (Wildman–Crippen MR) is 73.2 cm³/mol. The number of allylic oxidation sites excluding steroid dienone is 5. The van der Waals surface area contributed by atoms with Gasteiger partial charge >= 0.3 is 5.97 Å². The monoisotopic (exact) mass is 250 g/mol. The zero-order chi connectivity index (χ0) is 14.0. The molecule has 3 heteroatoms. The minimum Gasteiger partial charge on any atom is -0.461 e. The fraction of sp³-hybridized carbons (Fsp3) is 0.467. The zero-order valence-electron chi connectivity index (χ0n) is 11.7. The number of esters is 1. The summed E-state index contributed by atoms with van der Waals surface area (Å²) in [6.45, 7) is 7.27. The van der Waals surface area contributed by atoms with Crippen molar-refractivity contribution in [2.24, 2.45) is 0 Å². The van der Waals surface area contributed by atoms with E-state index >= 15 is 0 Å². The van der Waals surface area contributed by atoms with Gasteiger partial charge in [0.05, 0.1) is 0 Å². The van der Waals surface area contributed by atoms with E-state index in [0.29, 0.717) is 6.61 Å². The number of hydrogen-bond acceptors (Lipinski definition) is 3. The number of carbonyl (C=O) groups excluding carboxylic acids is 2. The van der Waals surface area contributed by atoms with E-state index < -0.39 is 0 Å². The predicted octanol–water partition coefficient (Wildman–Crippen LogP) is 3.37. The molecule has 0 fully saturated rings. The lowest BCUT2D eigenvalue weighted by atomic mass is 10.1. The second-order valence-electron chi connectivity index (χ2n) is 4.35. The Balaban J connectivity index is 3.98. The molecule has 0 aromatic rings. The van der Waals surface area contributed by atoms with Crippen LogP contribution in [0.2, 0.25) is 0 Å². The number of hydrogen-bond donors (Lipinski definition) is 0. The van der Waals surface area contributed by atoms with Crippen molar-refractivity contribution in [3.05, 3.63) is 35.5 Å². The van der Waals surface area contributed by atoms with Gasteiger partial charge in [0, 0.05) is 6.92 Å². The molecule has 18 heavy (non-hydrogen) atoms. The highest BCUT2D eigenvalue weighted by Crippen LogP contribution is 2.07. The van der Waals surface area contributed by atoms with E-state index in [1.165, 1.54) is 19.4 Å². The second kappa shape index (κ2) is 9.40. The number of ketones is 1. The molecular formula is C15H22O3. The summed E-state index contributed by atoms with van der Waals surface area (Å²) in [5.74, 6) is -0.204. The summed E-state index contributed by atoms with van der Waals surface area (Å²) in [6.07, 6.45) is 9.16. The maximum Gasteiger partial charge on any atom is 0.302 e. The van der Waals surface area contributed by atoms with E-state index in [9.17, 15) is 9.59 Å². The van der Waals surface area contributed by atoms with Crippen molar-refractivity contribution >= 4 is 11.8 Å². The van der Waals surface area contributed by atoms with Crippen molar-refractivity contribution in [3.8, 4) is 0 Å². The first-order chi connectivity index (χ1) is 8.41. The lowest BCUT2D eigenvalue weighted by molar-refractivity contribution is -0.140. The minimum atomic E-state index is -0.256. The zero-order valence-corrected chi connectivity index (χ0v) is 11.7. The molecule has 0 bridgehead atoms. The second-order valence-corrected chi connectivity index (χ2v) is 4.35. The normalized spacial score (nSPS) is 12.9. The maximum absolute atomic E-state index is 10.7. The fourth-order valence-electron chi connectivity index (χ4n) is 1.25. The van der Waals surface area contributed by atoms with E-state index in [4.69, 9.17) is 4.74 Å². The van der Waals surface area contributed by atoms with Gasteiger partial charge in [0.15, 0.2) is 5.78 Å². The Labute approximate surface area is 109 Å². The van der Waals surface area contributed by atoms with Crippen molar-refractivity contribution in [1.29, 1.82) is 0 Å². The van der Waals surface area contributed by atoms with E-state index in [1.54, 1.807) is 12.2 Å². The largest absolute Gasteiger partial charge is 0.461 e. The number of ether oxygens (including phenoxy) is 1. The smallest absolute Gasteiger partial charge is 0.302 e. The number of rotatable bonds is 7. The van der Waals surface area contributed by atoms with E-state index in [0.717, 1.165) is 18.4 Å². The molecule has 0 aromatic carbocycles. The maximum atomic E-state index is 10.7. The van der Waals surface area contributed by atoms with Crippen LogP contribution in [0.15, 0.2) is 35.5 Å². The molecule has 3 nitrogen and oxygen atoms in total. The van der Waals surface area contributed by atoms with Crippen molar-refractivity contribution in [2.75, 3.05) is 6.61 Å². The van der Waals surface area contributed by atoms with Crippen LogP contribution in [0.5, 0.6) is 0 Å². The Hall–Kier alpha value is -1.64. The van der Waals surface area contributed by atoms with Gasteiger partial charge in [0.25, 0.3) is 0 Å². The lowest BCUT2D eigenvalue weighted by Crippen LogP contribution is -2.01. The molecule has 0 aliphatic heterocycles. The average molecular weight is 250 g/mol. The Morgan fingerprint density at radius 3 is 2.28 bits per heavy atom. The topological polar surface area (TPSA) is 43.4 Å². The highest BCUT2D eigenvalue weighted by Gasteiger charge is 1.94. The third kappa shape index (κ3) is 10.9. The molecule has 0 aliphatic carbocycles. The first-order valence-electron chi connectivity index (χ1n) is 6.05. The summed E-state index contributed by atoms with van der Waals surface area (Å²) in [5, 5.41) is 0. The quantitative estimate of drug-likeness (QED) is 0.301. The van der Waals surface area contributed by atoms with Crippen molar-refractivity contribution < 1.29 is 14.3 Å². The fourth-order valence-corrected chi connectivity index (χ4v) is 1.25. The van der Waals surface area contributed by atoms with Crippen LogP contribution in [0.1, 0.15) is 40.5 Å². The molecule has 0 radical (unpaired) electrons. The molecule has 0 spiro atoms. The summed E-state index contributed by atoms with van der Waals surface area (Å²) < 4.78 is 4.88. The van der Waals surface area contributed by atoms with Crippen LogP contribution in [-0.2, 0) is 14.3 Å². The summed E-state index contributed by atoms with van der Waals surface area (Å²) in [5.41, 5.74) is 2.27. The van der Waals surface area contributed by atoms with Crippen LogP contribution in [-0.4, -0.2) is 18.4 Å². The van der Waals surface area contributed by atoms with Gasteiger partial charge in [-0.3, -0.25) is 9.59 Å². The highest BCUT2D eigenvalue weighted by molar-refractivity contribution is 5.87. The molecule has 100 valence electrons. The molecule has 0 aliphatic rings. The summed E-state index contributed by atoms with van der Waals surface area (Å²) in [4.78, 5) is 21.3. The molecule has 0 atom stereocenters. The molecule has 0 saturated carbocycles. The van der Waals surface area contributed by atoms with Gasteiger partial charge in [0.1, 0.15) is 6.61 Å². The van der Waals surface area contributed by atoms with Crippen molar-refractivity contribution in [2.45, 2.75) is 40.5 Å². The van der Waals surface area contributed by atoms with Crippen LogP contribution in [0.4, 0.5) is 0 Å². The Morgan fingerprint density at radius 1 is 1.06 bits per heavy atom. The van der Waals surface area contributed by atoms with Gasteiger partial charge in [-0.1, -0.05) is 23.8 Å². The van der Waals surface area contributed by atoms with Gasteiger partial charge in [-0.05, 0) is 45.3 Å². The molecule has 0 aromatic heterocycles. The van der Waals surface area contributed by atoms with E-state index in [-0.39, 0.29) is 11.8 Å². The number of carbonyl (C=O) groups is 2. The van der Waals surface area contributed by atoms with Gasteiger partial charge < -0.3 is 4.74 Å². The third-order valence-electron chi connectivity index (χ3n) is 2.25. The van der Waals surface area contributed by atoms with Crippen LogP contribution in [0.3, 0.4) is 0 Å². The molecule has 0 saturated heterocycles. The van der Waals surface area contributed by atoms with E-state index in [2.05, 4.69) is 6.08 Å². The molecule has 0 amide bonds. The summed E-state index contributed by atoms with van der Waals surface area (Å²) in [7, 11) is 0. The lowest BCUT2D eigenvalue weighted by Gasteiger charge is -2.02. The molecule has 0 heterocycles. The highest BCUT2D eigenvalue weighted by atomic mass is 16.5. The van der Waals surface area contributed by atoms with Crippen LogP contribution < -0.4 is 0 Å². The van der Waals surface area contributed by atoms with Gasteiger partial charge in [-0.25, -0.2) is 0 Å². The van der Waals surface area contributed by atoms with Crippen molar-refractivity contribution in [3.63, 3.8) is 0 Å². The Morgan fingerprint density at radius 2 is 1.72 bits per heavy atom. The van der Waals surface area contributed by atoms with Crippen LogP contribution in [0, 0.1) is 0 Å². The molecule has 0 unspecified atom stereocenters. The first kappa shape index (κ1) is 16.4. The van der Waals surface area contributed by atoms with Crippen LogP contribution in [0.25, 0.3) is 0 Å². The Bertz CT molecular complexity index is 373. The molecule has 0 rings (SSSR count).